The van der Waals surface area contributed by atoms with Crippen LogP contribution in [0.3, 0.4) is 0 Å². The average molecular weight is 409 g/mol. The second-order valence-corrected chi connectivity index (χ2v) is 8.02. The van der Waals surface area contributed by atoms with Gasteiger partial charge >= 0.3 is 0 Å². The summed E-state index contributed by atoms with van der Waals surface area (Å²) in [5.74, 6) is 1.81. The Morgan fingerprint density at radius 1 is 1.20 bits per heavy atom. The summed E-state index contributed by atoms with van der Waals surface area (Å²) in [6.45, 7) is 7.31. The van der Waals surface area contributed by atoms with E-state index in [1.807, 2.05) is 6.92 Å². The van der Waals surface area contributed by atoms with E-state index in [1.54, 1.807) is 19.1 Å². The quantitative estimate of drug-likeness (QED) is 0.451. The van der Waals surface area contributed by atoms with Crippen molar-refractivity contribution >= 4 is 28.4 Å². The third-order valence-corrected chi connectivity index (χ3v) is 5.64. The zero-order valence-electron chi connectivity index (χ0n) is 17.8. The van der Waals surface area contributed by atoms with Crippen molar-refractivity contribution < 1.29 is 9.13 Å². The summed E-state index contributed by atoms with van der Waals surface area (Å²) < 4.78 is 19.2. The second-order valence-electron chi connectivity index (χ2n) is 8.02. The second kappa shape index (κ2) is 8.96. The molecule has 0 amide bonds. The summed E-state index contributed by atoms with van der Waals surface area (Å²) in [5, 5.41) is 7.87. The zero-order valence-corrected chi connectivity index (χ0v) is 17.8. The Morgan fingerprint density at radius 3 is 2.77 bits per heavy atom. The number of benzene rings is 2. The number of anilines is 3. The highest BCUT2D eigenvalue weighted by Crippen LogP contribution is 2.35. The number of aryl methyl sites for hydroxylation is 1. The first-order valence-corrected chi connectivity index (χ1v) is 10.7. The van der Waals surface area contributed by atoms with Gasteiger partial charge in [-0.15, -0.1) is 0 Å². The van der Waals surface area contributed by atoms with Gasteiger partial charge in [0, 0.05) is 23.7 Å². The molecule has 3 aromatic rings. The lowest BCUT2D eigenvalue weighted by atomic mass is 10.1. The molecule has 1 aliphatic carbocycles. The molecule has 5 nitrogen and oxygen atoms in total. The minimum atomic E-state index is -0.223. The molecule has 0 radical (unpaired) electrons. The molecule has 0 unspecified atom stereocenters. The standard InChI is InChI=1S/C24H29FN4O/c1-4-30-13-12-18-6-5-7-20-22(18)28-24(27-19-10-11-21(25)15(2)14-19)29-23(20)26-16(3)17-8-9-17/h5-7,10-11,14,16-17H,4,8-9,12-13H2,1-3H3,(H2,26,27,28,29)/t16-/m1/s1. The summed E-state index contributed by atoms with van der Waals surface area (Å²) in [5.41, 5.74) is 3.39. The summed E-state index contributed by atoms with van der Waals surface area (Å²) in [7, 11) is 0. The maximum atomic E-state index is 13.7. The summed E-state index contributed by atoms with van der Waals surface area (Å²) in [4.78, 5) is 9.60. The largest absolute Gasteiger partial charge is 0.381 e. The molecule has 1 atom stereocenters. The number of fused-ring (bicyclic) bond motifs is 1. The Bertz CT molecular complexity index is 1040. The molecule has 0 bridgehead atoms. The molecule has 2 aromatic carbocycles. The molecule has 1 fully saturated rings. The summed E-state index contributed by atoms with van der Waals surface area (Å²) in [6.07, 6.45) is 3.31. The Morgan fingerprint density at radius 2 is 2.03 bits per heavy atom. The minimum absolute atomic E-state index is 0.223. The van der Waals surface area contributed by atoms with E-state index in [0.717, 1.165) is 34.4 Å². The highest BCUT2D eigenvalue weighted by atomic mass is 19.1. The van der Waals surface area contributed by atoms with E-state index in [4.69, 9.17) is 14.7 Å². The van der Waals surface area contributed by atoms with Crippen molar-refractivity contribution in [1.29, 1.82) is 0 Å². The lowest BCUT2D eigenvalue weighted by molar-refractivity contribution is 0.151. The number of hydrogen-bond donors (Lipinski definition) is 2. The molecule has 0 aliphatic heterocycles. The van der Waals surface area contributed by atoms with Crippen LogP contribution in [0.25, 0.3) is 10.9 Å². The van der Waals surface area contributed by atoms with Gasteiger partial charge in [-0.05, 0) is 81.3 Å². The van der Waals surface area contributed by atoms with Crippen LogP contribution in [0.5, 0.6) is 0 Å². The Kier molecular flexibility index (Phi) is 6.13. The van der Waals surface area contributed by atoms with Gasteiger partial charge in [0.25, 0.3) is 0 Å². The zero-order chi connectivity index (χ0) is 21.1. The Balaban J connectivity index is 1.72. The number of para-hydroxylation sites is 1. The van der Waals surface area contributed by atoms with E-state index in [2.05, 4.69) is 35.8 Å². The molecule has 158 valence electrons. The fourth-order valence-electron chi connectivity index (χ4n) is 3.69. The van der Waals surface area contributed by atoms with Crippen LogP contribution in [-0.2, 0) is 11.2 Å². The molecule has 1 aliphatic rings. The third-order valence-electron chi connectivity index (χ3n) is 5.64. The summed E-state index contributed by atoms with van der Waals surface area (Å²) >= 11 is 0. The molecular formula is C24H29FN4O. The van der Waals surface area contributed by atoms with Crippen molar-refractivity contribution in [3.63, 3.8) is 0 Å². The minimum Gasteiger partial charge on any atom is -0.381 e. The number of rotatable bonds is 9. The molecule has 4 rings (SSSR count). The molecule has 30 heavy (non-hydrogen) atoms. The highest BCUT2D eigenvalue weighted by molar-refractivity contribution is 5.92. The van der Waals surface area contributed by atoms with Crippen molar-refractivity contribution in [3.05, 3.63) is 53.3 Å². The van der Waals surface area contributed by atoms with Crippen LogP contribution in [0.2, 0.25) is 0 Å². The lowest BCUT2D eigenvalue weighted by Gasteiger charge is -2.18. The van der Waals surface area contributed by atoms with Crippen LogP contribution in [-0.4, -0.2) is 29.2 Å². The van der Waals surface area contributed by atoms with Crippen LogP contribution in [0.1, 0.15) is 37.8 Å². The SMILES string of the molecule is CCOCCc1cccc2c(N[C@H](C)C3CC3)nc(Nc3ccc(F)c(C)c3)nc12. The molecule has 6 heteroatoms. The average Bonchev–Trinajstić information content (AvgIpc) is 3.57. The highest BCUT2D eigenvalue weighted by Gasteiger charge is 2.28. The van der Waals surface area contributed by atoms with Crippen LogP contribution in [0.15, 0.2) is 36.4 Å². The van der Waals surface area contributed by atoms with Crippen LogP contribution in [0.4, 0.5) is 21.8 Å². The first-order chi connectivity index (χ1) is 14.5. The number of nitrogens with one attached hydrogen (secondary N) is 2. The van der Waals surface area contributed by atoms with Crippen LogP contribution in [0, 0.1) is 18.7 Å². The summed E-state index contributed by atoms with van der Waals surface area (Å²) in [6, 6.07) is 11.5. The molecule has 2 N–H and O–H groups in total. The van der Waals surface area contributed by atoms with E-state index in [9.17, 15) is 4.39 Å². The first kappa shape index (κ1) is 20.5. The molecule has 1 heterocycles. The van der Waals surface area contributed by atoms with E-state index in [-0.39, 0.29) is 5.82 Å². The van der Waals surface area contributed by atoms with Gasteiger partial charge in [0.05, 0.1) is 12.1 Å². The molecule has 0 saturated heterocycles. The third kappa shape index (κ3) is 4.70. The molecule has 1 aromatic heterocycles. The van der Waals surface area contributed by atoms with Crippen molar-refractivity contribution in [2.75, 3.05) is 23.8 Å². The van der Waals surface area contributed by atoms with Crippen molar-refractivity contribution in [2.24, 2.45) is 5.92 Å². The normalized spacial score (nSPS) is 14.7. The number of halogens is 1. The predicted molar refractivity (Wildman–Crippen MR) is 120 cm³/mol. The van der Waals surface area contributed by atoms with Crippen molar-refractivity contribution in [3.8, 4) is 0 Å². The lowest BCUT2D eigenvalue weighted by Crippen LogP contribution is -2.19. The Hall–Kier alpha value is -2.73. The van der Waals surface area contributed by atoms with E-state index in [1.165, 1.54) is 18.9 Å². The smallest absolute Gasteiger partial charge is 0.229 e. The van der Waals surface area contributed by atoms with Crippen molar-refractivity contribution in [2.45, 2.75) is 46.1 Å². The van der Waals surface area contributed by atoms with Gasteiger partial charge in [-0.3, -0.25) is 0 Å². The molecule has 1 saturated carbocycles. The van der Waals surface area contributed by atoms with Gasteiger partial charge in [-0.25, -0.2) is 9.37 Å². The molecular weight excluding hydrogens is 379 g/mol. The van der Waals surface area contributed by atoms with E-state index < -0.39 is 0 Å². The number of nitrogens with zero attached hydrogens (tertiary/aromatic N) is 2. The number of hydrogen-bond acceptors (Lipinski definition) is 5. The topological polar surface area (TPSA) is 59.1 Å². The number of ether oxygens (including phenoxy) is 1. The van der Waals surface area contributed by atoms with Crippen LogP contribution < -0.4 is 10.6 Å². The van der Waals surface area contributed by atoms with E-state index >= 15 is 0 Å². The fraction of sp³-hybridized carbons (Fsp3) is 0.417. The maximum Gasteiger partial charge on any atom is 0.229 e. The van der Waals surface area contributed by atoms with Gasteiger partial charge in [0.1, 0.15) is 11.6 Å². The van der Waals surface area contributed by atoms with Gasteiger partial charge in [-0.2, -0.15) is 4.98 Å². The first-order valence-electron chi connectivity index (χ1n) is 10.7. The van der Waals surface area contributed by atoms with Gasteiger partial charge in [0.2, 0.25) is 5.95 Å². The van der Waals surface area contributed by atoms with E-state index in [0.29, 0.717) is 36.7 Å². The predicted octanol–water partition coefficient (Wildman–Crippen LogP) is 5.61. The Labute approximate surface area is 177 Å². The monoisotopic (exact) mass is 408 g/mol. The van der Waals surface area contributed by atoms with Crippen molar-refractivity contribution in [1.82, 2.24) is 9.97 Å². The molecule has 0 spiro atoms. The van der Waals surface area contributed by atoms with Gasteiger partial charge in [-0.1, -0.05) is 12.1 Å². The van der Waals surface area contributed by atoms with Gasteiger partial charge < -0.3 is 15.4 Å². The maximum absolute atomic E-state index is 13.7. The van der Waals surface area contributed by atoms with Gasteiger partial charge in [0.15, 0.2) is 0 Å². The van der Waals surface area contributed by atoms with Crippen LogP contribution >= 0.6 is 0 Å². The fourth-order valence-corrected chi connectivity index (χ4v) is 3.69. The number of aromatic nitrogens is 2.